The van der Waals surface area contributed by atoms with Crippen molar-refractivity contribution in [1.82, 2.24) is 9.80 Å². The summed E-state index contributed by atoms with van der Waals surface area (Å²) in [6.07, 6.45) is 7.05. The molecule has 0 spiro atoms. The van der Waals surface area contributed by atoms with E-state index in [1.807, 2.05) is 17.6 Å². The van der Waals surface area contributed by atoms with Crippen molar-refractivity contribution >= 4 is 11.3 Å². The molecule has 2 aromatic heterocycles. The van der Waals surface area contributed by atoms with Gasteiger partial charge in [0.1, 0.15) is 0 Å². The Kier molecular flexibility index (Phi) is 5.00. The Labute approximate surface area is 154 Å². The van der Waals surface area contributed by atoms with E-state index in [9.17, 15) is 5.11 Å². The summed E-state index contributed by atoms with van der Waals surface area (Å²) < 4.78 is 5.25. The van der Waals surface area contributed by atoms with E-state index in [0.717, 1.165) is 45.6 Å². The van der Waals surface area contributed by atoms with Gasteiger partial charge in [-0.2, -0.15) is 0 Å². The van der Waals surface area contributed by atoms with Crippen LogP contribution in [-0.2, 0) is 13.1 Å². The first kappa shape index (κ1) is 17.3. The topological polar surface area (TPSA) is 39.9 Å². The number of thiophene rings is 1. The number of furan rings is 1. The van der Waals surface area contributed by atoms with Crippen molar-refractivity contribution in [2.75, 3.05) is 26.2 Å². The Balaban J connectivity index is 1.47. The molecular weight excluding hydrogens is 332 g/mol. The zero-order valence-electron chi connectivity index (χ0n) is 15.0. The molecule has 25 heavy (non-hydrogen) atoms. The largest absolute Gasteiger partial charge is 0.472 e. The Bertz CT molecular complexity index is 684. The summed E-state index contributed by atoms with van der Waals surface area (Å²) in [5, 5.41) is 10.3. The second kappa shape index (κ2) is 7.23. The fraction of sp³-hybridized carbons (Fsp3) is 0.600. The molecule has 2 atom stereocenters. The lowest BCUT2D eigenvalue weighted by molar-refractivity contribution is -0.0831. The van der Waals surface area contributed by atoms with Gasteiger partial charge in [-0.25, -0.2) is 0 Å². The van der Waals surface area contributed by atoms with Crippen LogP contribution in [0.15, 0.2) is 35.1 Å². The Morgan fingerprint density at radius 2 is 2.20 bits per heavy atom. The second-order valence-electron chi connectivity index (χ2n) is 7.75. The highest BCUT2D eigenvalue weighted by atomic mass is 32.1. The fourth-order valence-corrected chi connectivity index (χ4v) is 5.75. The van der Waals surface area contributed by atoms with E-state index in [0.29, 0.717) is 12.6 Å². The van der Waals surface area contributed by atoms with Gasteiger partial charge in [0.25, 0.3) is 0 Å². The number of piperidine rings is 2. The van der Waals surface area contributed by atoms with E-state index in [1.54, 1.807) is 6.26 Å². The number of hydrogen-bond donors (Lipinski definition) is 1. The van der Waals surface area contributed by atoms with Crippen LogP contribution in [0.4, 0.5) is 0 Å². The molecule has 2 aromatic rings. The number of aryl methyl sites for hydroxylation is 1. The van der Waals surface area contributed by atoms with Crippen molar-refractivity contribution in [3.05, 3.63) is 46.0 Å². The van der Waals surface area contributed by atoms with E-state index in [2.05, 4.69) is 34.9 Å². The van der Waals surface area contributed by atoms with Gasteiger partial charge >= 0.3 is 0 Å². The predicted molar refractivity (Wildman–Crippen MR) is 101 cm³/mol. The molecule has 2 fully saturated rings. The van der Waals surface area contributed by atoms with Crippen LogP contribution in [0, 0.1) is 12.3 Å². The van der Waals surface area contributed by atoms with Gasteiger partial charge in [0.05, 0.1) is 19.1 Å². The minimum absolute atomic E-state index is 0.0204. The normalized spacial score (nSPS) is 28.2. The number of nitrogens with zero attached hydrogens (tertiary/aromatic N) is 2. The van der Waals surface area contributed by atoms with Gasteiger partial charge in [0.15, 0.2) is 0 Å². The first-order chi connectivity index (χ1) is 12.2. The molecule has 2 aliphatic rings. The highest BCUT2D eigenvalue weighted by molar-refractivity contribution is 7.11. The average molecular weight is 361 g/mol. The molecule has 4 rings (SSSR count). The molecule has 2 saturated heterocycles. The van der Waals surface area contributed by atoms with E-state index < -0.39 is 0 Å². The van der Waals surface area contributed by atoms with Crippen LogP contribution in [0.5, 0.6) is 0 Å². The lowest BCUT2D eigenvalue weighted by Crippen LogP contribution is -2.61. The smallest absolute Gasteiger partial charge is 0.0947 e. The molecular formula is C20H28N2O2S. The lowest BCUT2D eigenvalue weighted by atomic mass is 9.69. The number of fused-ring (bicyclic) bond motifs is 1. The van der Waals surface area contributed by atoms with Crippen LogP contribution in [0.2, 0.25) is 0 Å². The summed E-state index contributed by atoms with van der Waals surface area (Å²) in [4.78, 5) is 7.96. The summed E-state index contributed by atoms with van der Waals surface area (Å²) in [6, 6.07) is 7.00. The summed E-state index contributed by atoms with van der Waals surface area (Å²) in [7, 11) is 0. The third kappa shape index (κ3) is 3.56. The third-order valence-corrected chi connectivity index (χ3v) is 6.97. The molecule has 0 bridgehead atoms. The molecule has 5 heteroatoms. The van der Waals surface area contributed by atoms with Gasteiger partial charge in [0, 0.05) is 53.0 Å². The van der Waals surface area contributed by atoms with Gasteiger partial charge in [0.2, 0.25) is 0 Å². The highest BCUT2D eigenvalue weighted by Crippen LogP contribution is 2.42. The molecule has 0 radical (unpaired) electrons. The maximum atomic E-state index is 10.3. The molecule has 4 nitrogen and oxygen atoms in total. The van der Waals surface area contributed by atoms with Gasteiger partial charge < -0.3 is 9.52 Å². The maximum Gasteiger partial charge on any atom is 0.0947 e. The average Bonchev–Trinajstić information content (AvgIpc) is 3.26. The molecule has 0 saturated carbocycles. The first-order valence-corrected chi connectivity index (χ1v) is 10.1. The van der Waals surface area contributed by atoms with Crippen molar-refractivity contribution in [2.45, 2.75) is 45.3 Å². The molecule has 0 unspecified atom stereocenters. The molecule has 136 valence electrons. The van der Waals surface area contributed by atoms with Gasteiger partial charge in [-0.1, -0.05) is 0 Å². The molecule has 0 amide bonds. The van der Waals surface area contributed by atoms with Crippen LogP contribution in [0.3, 0.4) is 0 Å². The number of rotatable bonds is 5. The standard InChI is InChI=1S/C20H28N2O2S/c1-16-3-4-18(25-16)12-21-9-5-19-20(14-21,15-23)7-2-8-22(19)11-17-6-10-24-13-17/h3-4,6,10,13,19,23H,2,5,7-9,11-12,14-15H2,1H3/t19-,20-/m1/s1. The fourth-order valence-electron chi connectivity index (χ4n) is 4.81. The van der Waals surface area contributed by atoms with E-state index in [4.69, 9.17) is 4.42 Å². The minimum Gasteiger partial charge on any atom is -0.472 e. The van der Waals surface area contributed by atoms with E-state index in [-0.39, 0.29) is 5.41 Å². The van der Waals surface area contributed by atoms with Crippen LogP contribution < -0.4 is 0 Å². The summed E-state index contributed by atoms with van der Waals surface area (Å²) in [5.74, 6) is 0. The summed E-state index contributed by atoms with van der Waals surface area (Å²) >= 11 is 1.90. The number of aliphatic hydroxyl groups is 1. The Hall–Kier alpha value is -1.14. The van der Waals surface area contributed by atoms with Crippen molar-refractivity contribution in [1.29, 1.82) is 0 Å². The predicted octanol–water partition coefficient (Wildman–Crippen LogP) is 3.50. The van der Waals surface area contributed by atoms with E-state index >= 15 is 0 Å². The van der Waals surface area contributed by atoms with Gasteiger partial charge in [-0.3, -0.25) is 9.80 Å². The second-order valence-corrected chi connectivity index (χ2v) is 9.13. The number of hydrogen-bond acceptors (Lipinski definition) is 5. The molecule has 4 heterocycles. The molecule has 0 aliphatic carbocycles. The molecule has 1 N–H and O–H groups in total. The van der Waals surface area contributed by atoms with Crippen molar-refractivity contribution in [3.8, 4) is 0 Å². The number of aliphatic hydroxyl groups excluding tert-OH is 1. The number of likely N-dealkylation sites (tertiary alicyclic amines) is 2. The Morgan fingerprint density at radius 1 is 1.28 bits per heavy atom. The van der Waals surface area contributed by atoms with Crippen LogP contribution in [-0.4, -0.2) is 47.2 Å². The Morgan fingerprint density at radius 3 is 2.92 bits per heavy atom. The third-order valence-electron chi connectivity index (χ3n) is 5.98. The SMILES string of the molecule is Cc1ccc(CN2CC[C@H]3N(Cc4ccoc4)CCC[C@]3(CO)C2)s1. The minimum atomic E-state index is 0.0204. The monoisotopic (exact) mass is 360 g/mol. The van der Waals surface area contributed by atoms with Crippen molar-refractivity contribution < 1.29 is 9.52 Å². The van der Waals surface area contributed by atoms with Crippen molar-refractivity contribution in [3.63, 3.8) is 0 Å². The summed E-state index contributed by atoms with van der Waals surface area (Å²) in [5.41, 5.74) is 1.26. The summed E-state index contributed by atoms with van der Waals surface area (Å²) in [6.45, 7) is 7.67. The van der Waals surface area contributed by atoms with Gasteiger partial charge in [-0.15, -0.1) is 11.3 Å². The zero-order valence-corrected chi connectivity index (χ0v) is 15.8. The lowest BCUT2D eigenvalue weighted by Gasteiger charge is -2.54. The molecule has 0 aromatic carbocycles. The molecule has 2 aliphatic heterocycles. The van der Waals surface area contributed by atoms with Crippen LogP contribution >= 0.6 is 11.3 Å². The highest BCUT2D eigenvalue weighted by Gasteiger charge is 2.47. The van der Waals surface area contributed by atoms with Crippen LogP contribution in [0.25, 0.3) is 0 Å². The quantitative estimate of drug-likeness (QED) is 0.886. The first-order valence-electron chi connectivity index (χ1n) is 9.32. The van der Waals surface area contributed by atoms with E-state index in [1.165, 1.54) is 21.7 Å². The van der Waals surface area contributed by atoms with Crippen LogP contribution in [0.1, 0.15) is 34.6 Å². The van der Waals surface area contributed by atoms with Crippen molar-refractivity contribution in [2.24, 2.45) is 5.41 Å². The zero-order chi connectivity index (χ0) is 17.3. The maximum absolute atomic E-state index is 10.3. The van der Waals surface area contributed by atoms with Gasteiger partial charge in [-0.05, 0) is 50.9 Å².